The molecule has 5 rings (SSSR count). The van der Waals surface area contributed by atoms with Crippen molar-refractivity contribution in [3.8, 4) is 11.5 Å². The third-order valence-electron chi connectivity index (χ3n) is 6.57. The smallest absolute Gasteiger partial charge is 0.174 e. The predicted octanol–water partition coefficient (Wildman–Crippen LogP) is 5.19. The number of methoxy groups -OCH3 is 2. The third kappa shape index (κ3) is 3.71. The molecule has 2 fully saturated rings. The summed E-state index contributed by atoms with van der Waals surface area (Å²) in [5, 5.41) is 4.17. The van der Waals surface area contributed by atoms with Crippen LogP contribution in [-0.2, 0) is 0 Å². The van der Waals surface area contributed by atoms with E-state index in [1.807, 2.05) is 42.6 Å². The van der Waals surface area contributed by atoms with Gasteiger partial charge in [-0.25, -0.2) is 0 Å². The molecule has 1 saturated heterocycles. The molecule has 32 heavy (non-hydrogen) atoms. The van der Waals surface area contributed by atoms with Gasteiger partial charge in [-0.1, -0.05) is 18.9 Å². The maximum atomic E-state index is 5.86. The molecule has 0 spiro atoms. The number of thiocarbonyl (C=S) groups is 1. The highest BCUT2D eigenvalue weighted by atomic mass is 32.1. The summed E-state index contributed by atoms with van der Waals surface area (Å²) >= 11 is 5.86. The van der Waals surface area contributed by atoms with Crippen molar-refractivity contribution in [2.75, 3.05) is 19.1 Å². The van der Waals surface area contributed by atoms with Crippen LogP contribution in [0, 0.1) is 0 Å². The summed E-state index contributed by atoms with van der Waals surface area (Å²) in [5.41, 5.74) is 3.03. The van der Waals surface area contributed by atoms with Gasteiger partial charge in [0.05, 0.1) is 37.7 Å². The highest BCUT2D eigenvalue weighted by Gasteiger charge is 2.42. The summed E-state index contributed by atoms with van der Waals surface area (Å²) in [6.45, 7) is 0. The first-order valence-electron chi connectivity index (χ1n) is 11.1. The Morgan fingerprint density at radius 2 is 1.91 bits per heavy atom. The standard InChI is InChI=1S/C25H28N4O2S/c1-30-19-10-11-22(31-2)21(15-19)29-24(17-12-14-28(16-17)18-7-3-4-8-18)23(27-25(29)32)20-9-5-6-13-26-20/h5-6,9-16,18,23-24H,3-4,7-8H2,1-2H3,(H,27,32)/t23-,24-/m1/s1. The molecule has 1 saturated carbocycles. The van der Waals surface area contributed by atoms with Gasteiger partial charge in [0.1, 0.15) is 11.5 Å². The highest BCUT2D eigenvalue weighted by Crippen LogP contribution is 2.46. The van der Waals surface area contributed by atoms with E-state index in [9.17, 15) is 0 Å². The van der Waals surface area contributed by atoms with Crippen LogP contribution in [0.4, 0.5) is 5.69 Å². The average molecular weight is 449 g/mol. The molecule has 0 bridgehead atoms. The van der Waals surface area contributed by atoms with Gasteiger partial charge in [0.15, 0.2) is 5.11 Å². The first kappa shape index (κ1) is 20.8. The lowest BCUT2D eigenvalue weighted by Crippen LogP contribution is -2.29. The van der Waals surface area contributed by atoms with Crippen LogP contribution in [0.25, 0.3) is 0 Å². The summed E-state index contributed by atoms with van der Waals surface area (Å²) in [7, 11) is 3.35. The predicted molar refractivity (Wildman–Crippen MR) is 129 cm³/mol. The van der Waals surface area contributed by atoms with Gasteiger partial charge in [0.25, 0.3) is 0 Å². The van der Waals surface area contributed by atoms with E-state index in [1.54, 1.807) is 14.2 Å². The summed E-state index contributed by atoms with van der Waals surface area (Å²) in [5.74, 6) is 1.50. The van der Waals surface area contributed by atoms with E-state index in [4.69, 9.17) is 21.7 Å². The number of pyridine rings is 1. The molecule has 166 valence electrons. The fourth-order valence-corrected chi connectivity index (χ4v) is 5.31. The zero-order valence-electron chi connectivity index (χ0n) is 18.4. The van der Waals surface area contributed by atoms with Crippen molar-refractivity contribution in [1.29, 1.82) is 0 Å². The number of rotatable bonds is 6. The molecule has 7 heteroatoms. The van der Waals surface area contributed by atoms with Crippen LogP contribution < -0.4 is 19.7 Å². The first-order chi connectivity index (χ1) is 15.7. The molecule has 2 aromatic heterocycles. The van der Waals surface area contributed by atoms with Gasteiger partial charge >= 0.3 is 0 Å². The Morgan fingerprint density at radius 1 is 1.06 bits per heavy atom. The second kappa shape index (κ2) is 8.82. The molecule has 0 amide bonds. The van der Waals surface area contributed by atoms with Gasteiger partial charge < -0.3 is 24.3 Å². The first-order valence-corrected chi connectivity index (χ1v) is 11.5. The average Bonchev–Trinajstić information content (AvgIpc) is 3.58. The van der Waals surface area contributed by atoms with Crippen molar-refractivity contribution >= 4 is 23.0 Å². The van der Waals surface area contributed by atoms with Crippen molar-refractivity contribution in [3.05, 3.63) is 72.3 Å². The summed E-state index contributed by atoms with van der Waals surface area (Å²) in [6.07, 6.45) is 11.4. The maximum absolute atomic E-state index is 5.86. The Bertz CT molecular complexity index is 1090. The van der Waals surface area contributed by atoms with Crippen LogP contribution in [0.3, 0.4) is 0 Å². The number of ether oxygens (including phenoxy) is 2. The minimum absolute atomic E-state index is 0.0685. The van der Waals surface area contributed by atoms with Crippen LogP contribution in [0.1, 0.15) is 55.1 Å². The van der Waals surface area contributed by atoms with E-state index in [0.29, 0.717) is 11.2 Å². The van der Waals surface area contributed by atoms with E-state index < -0.39 is 0 Å². The topological polar surface area (TPSA) is 51.6 Å². The Hall–Kier alpha value is -3.06. The van der Waals surface area contributed by atoms with Crippen molar-refractivity contribution in [1.82, 2.24) is 14.9 Å². The zero-order chi connectivity index (χ0) is 22.1. The summed E-state index contributed by atoms with van der Waals surface area (Å²) in [6, 6.07) is 14.4. The Balaban J connectivity index is 1.61. The second-order valence-corrected chi connectivity index (χ2v) is 8.75. The minimum Gasteiger partial charge on any atom is -0.497 e. The van der Waals surface area contributed by atoms with Crippen LogP contribution in [-0.4, -0.2) is 28.9 Å². The number of nitrogens with zero attached hydrogens (tertiary/aromatic N) is 3. The Labute approximate surface area is 194 Å². The van der Waals surface area contributed by atoms with Gasteiger partial charge in [0, 0.05) is 30.7 Å². The maximum Gasteiger partial charge on any atom is 0.174 e. The van der Waals surface area contributed by atoms with Crippen molar-refractivity contribution < 1.29 is 9.47 Å². The second-order valence-electron chi connectivity index (χ2n) is 8.36. The molecule has 1 N–H and O–H groups in total. The number of hydrogen-bond donors (Lipinski definition) is 1. The summed E-state index contributed by atoms with van der Waals surface area (Å²) < 4.78 is 13.6. The molecular weight excluding hydrogens is 420 g/mol. The van der Waals surface area contributed by atoms with Gasteiger partial charge in [-0.2, -0.15) is 0 Å². The zero-order valence-corrected chi connectivity index (χ0v) is 19.2. The molecule has 6 nitrogen and oxygen atoms in total. The lowest BCUT2D eigenvalue weighted by molar-refractivity contribution is 0.403. The number of hydrogen-bond acceptors (Lipinski definition) is 4. The number of anilines is 1. The normalized spacial score (nSPS) is 21.1. The summed E-state index contributed by atoms with van der Waals surface area (Å²) in [4.78, 5) is 6.79. The molecule has 2 aliphatic rings. The van der Waals surface area contributed by atoms with E-state index in [-0.39, 0.29) is 12.1 Å². The van der Waals surface area contributed by atoms with Crippen LogP contribution >= 0.6 is 12.2 Å². The fourth-order valence-electron chi connectivity index (χ4n) is 4.97. The highest BCUT2D eigenvalue weighted by molar-refractivity contribution is 7.80. The lowest BCUT2D eigenvalue weighted by Gasteiger charge is -2.28. The molecule has 3 aromatic rings. The molecule has 0 unspecified atom stereocenters. The van der Waals surface area contributed by atoms with Gasteiger partial charge in [0.2, 0.25) is 0 Å². The quantitative estimate of drug-likeness (QED) is 0.524. The van der Waals surface area contributed by atoms with Crippen LogP contribution in [0.2, 0.25) is 0 Å². The number of nitrogens with one attached hydrogen (secondary N) is 1. The van der Waals surface area contributed by atoms with Gasteiger partial charge in [-0.3, -0.25) is 4.98 Å². The van der Waals surface area contributed by atoms with E-state index >= 15 is 0 Å². The monoisotopic (exact) mass is 448 g/mol. The van der Waals surface area contributed by atoms with Crippen molar-refractivity contribution in [3.63, 3.8) is 0 Å². The van der Waals surface area contributed by atoms with Crippen LogP contribution in [0.5, 0.6) is 11.5 Å². The van der Waals surface area contributed by atoms with E-state index in [1.165, 1.54) is 31.2 Å². The molecule has 0 radical (unpaired) electrons. The van der Waals surface area contributed by atoms with Gasteiger partial charge in [-0.05, 0) is 61.0 Å². The number of benzene rings is 1. The van der Waals surface area contributed by atoms with Crippen LogP contribution in [0.15, 0.2) is 61.1 Å². The van der Waals surface area contributed by atoms with E-state index in [2.05, 4.69) is 38.2 Å². The van der Waals surface area contributed by atoms with E-state index in [0.717, 1.165) is 22.9 Å². The molecule has 2 atom stereocenters. The van der Waals surface area contributed by atoms with Gasteiger partial charge in [-0.15, -0.1) is 0 Å². The minimum atomic E-state index is -0.0842. The van der Waals surface area contributed by atoms with Crippen molar-refractivity contribution in [2.45, 2.75) is 43.8 Å². The number of aromatic nitrogens is 2. The molecule has 3 heterocycles. The molecule has 1 aromatic carbocycles. The Morgan fingerprint density at radius 3 is 2.62 bits per heavy atom. The molecule has 1 aliphatic heterocycles. The largest absolute Gasteiger partial charge is 0.497 e. The molecule has 1 aliphatic carbocycles. The fraction of sp³-hybridized carbons (Fsp3) is 0.360. The lowest BCUT2D eigenvalue weighted by atomic mass is 9.98. The van der Waals surface area contributed by atoms with Crippen molar-refractivity contribution in [2.24, 2.45) is 0 Å². The SMILES string of the molecule is COc1ccc(OC)c(N2C(=S)N[C@H](c3ccccn3)[C@H]2c2ccn(C3CCCC3)c2)c1. The third-order valence-corrected chi connectivity index (χ3v) is 6.88. The molecular formula is C25H28N4O2S. The Kier molecular flexibility index (Phi) is 5.74.